The van der Waals surface area contributed by atoms with Crippen LogP contribution in [-0.2, 0) is 0 Å². The van der Waals surface area contributed by atoms with Crippen LogP contribution in [0.25, 0.3) is 0 Å². The lowest BCUT2D eigenvalue weighted by Gasteiger charge is -2.33. The smallest absolute Gasteiger partial charge is 0.157 e. The van der Waals surface area contributed by atoms with E-state index >= 15 is 0 Å². The minimum absolute atomic E-state index is 0.0259. The fourth-order valence-electron chi connectivity index (χ4n) is 4.84. The zero-order valence-corrected chi connectivity index (χ0v) is 15.7. The van der Waals surface area contributed by atoms with Crippen LogP contribution in [0.2, 0.25) is 0 Å². The van der Waals surface area contributed by atoms with Crippen molar-refractivity contribution in [2.45, 2.75) is 63.3 Å². The van der Waals surface area contributed by atoms with Crippen molar-refractivity contribution in [2.75, 3.05) is 6.61 Å². The first-order valence-corrected chi connectivity index (χ1v) is 10.2. The molecule has 0 aliphatic heterocycles. The Balaban J connectivity index is 1.51. The van der Waals surface area contributed by atoms with Gasteiger partial charge in [0.1, 0.15) is 11.5 Å². The van der Waals surface area contributed by atoms with E-state index in [4.69, 9.17) is 4.74 Å². The number of aromatic hydroxyl groups is 1. The van der Waals surface area contributed by atoms with Crippen LogP contribution in [0.5, 0.6) is 11.5 Å². The number of nitrogens with zero attached hydrogens (tertiary/aromatic N) is 2. The molecule has 1 N–H and O–H groups in total. The monoisotopic (exact) mass is 368 g/mol. The second-order valence-electron chi connectivity index (χ2n) is 7.91. The molecule has 5 heteroatoms. The van der Waals surface area contributed by atoms with E-state index in [1.165, 1.54) is 50.3 Å². The Morgan fingerprint density at radius 2 is 1.89 bits per heavy atom. The van der Waals surface area contributed by atoms with Gasteiger partial charge in [0.2, 0.25) is 0 Å². The second-order valence-corrected chi connectivity index (χ2v) is 7.91. The molecule has 0 amide bonds. The summed E-state index contributed by atoms with van der Waals surface area (Å²) in [4.78, 5) is 11.3. The molecule has 0 radical (unpaired) electrons. The van der Waals surface area contributed by atoms with Crippen molar-refractivity contribution in [1.82, 2.24) is 9.78 Å². The number of carbonyl (C=O) groups excluding carboxylic acids is 1. The average molecular weight is 368 g/mol. The number of benzene rings is 1. The number of ether oxygens (including phenoxy) is 1. The molecule has 2 atom stereocenters. The van der Waals surface area contributed by atoms with Crippen molar-refractivity contribution in [1.29, 1.82) is 0 Å². The second kappa shape index (κ2) is 8.15. The van der Waals surface area contributed by atoms with Gasteiger partial charge in [-0.05, 0) is 43.9 Å². The first kappa shape index (κ1) is 18.1. The summed E-state index contributed by atoms with van der Waals surface area (Å²) in [7, 11) is 0. The molecular weight excluding hydrogens is 340 g/mol. The van der Waals surface area contributed by atoms with E-state index in [1.807, 2.05) is 6.20 Å². The zero-order chi connectivity index (χ0) is 18.6. The molecule has 0 saturated heterocycles. The molecule has 27 heavy (non-hydrogen) atoms. The van der Waals surface area contributed by atoms with Gasteiger partial charge in [-0.25, -0.2) is 0 Å². The van der Waals surface area contributed by atoms with Gasteiger partial charge in [-0.1, -0.05) is 31.7 Å². The van der Waals surface area contributed by atoms with Gasteiger partial charge in [0.05, 0.1) is 18.2 Å². The third-order valence-corrected chi connectivity index (χ3v) is 6.27. The maximum Gasteiger partial charge on any atom is 0.157 e. The SMILES string of the molecule is O=Cc1c(O)cccc1OCC1CCCCC1c1ccnn1C1CCCC1. The van der Waals surface area contributed by atoms with Crippen LogP contribution in [0.1, 0.15) is 79.4 Å². The fourth-order valence-corrected chi connectivity index (χ4v) is 4.84. The first-order chi connectivity index (χ1) is 13.3. The Hall–Kier alpha value is -2.30. The van der Waals surface area contributed by atoms with Crippen LogP contribution < -0.4 is 4.74 Å². The van der Waals surface area contributed by atoms with Gasteiger partial charge in [-0.2, -0.15) is 5.10 Å². The third kappa shape index (κ3) is 3.73. The van der Waals surface area contributed by atoms with E-state index in [0.717, 1.165) is 12.8 Å². The predicted molar refractivity (Wildman–Crippen MR) is 103 cm³/mol. The molecule has 2 saturated carbocycles. The molecule has 2 aliphatic carbocycles. The van der Waals surface area contributed by atoms with Gasteiger partial charge in [0.15, 0.2) is 6.29 Å². The van der Waals surface area contributed by atoms with Crippen LogP contribution in [-0.4, -0.2) is 27.8 Å². The Kier molecular flexibility index (Phi) is 5.46. The Labute approximate surface area is 160 Å². The summed E-state index contributed by atoms with van der Waals surface area (Å²) >= 11 is 0. The molecule has 2 fully saturated rings. The lowest BCUT2D eigenvalue weighted by Crippen LogP contribution is -2.27. The van der Waals surface area contributed by atoms with Crippen molar-refractivity contribution in [2.24, 2.45) is 5.92 Å². The minimum atomic E-state index is -0.0259. The predicted octanol–water partition coefficient (Wildman–Crippen LogP) is 4.87. The molecule has 1 aromatic heterocycles. The number of hydrogen-bond donors (Lipinski definition) is 1. The maximum atomic E-state index is 11.3. The van der Waals surface area contributed by atoms with Crippen molar-refractivity contribution in [3.05, 3.63) is 41.7 Å². The van der Waals surface area contributed by atoms with Crippen molar-refractivity contribution >= 4 is 6.29 Å². The summed E-state index contributed by atoms with van der Waals surface area (Å²) in [6.45, 7) is 0.560. The fraction of sp³-hybridized carbons (Fsp3) is 0.545. The van der Waals surface area contributed by atoms with E-state index in [-0.39, 0.29) is 11.3 Å². The summed E-state index contributed by atoms with van der Waals surface area (Å²) in [6, 6.07) is 7.72. The molecule has 4 rings (SSSR count). The highest BCUT2D eigenvalue weighted by Gasteiger charge is 2.31. The summed E-state index contributed by atoms with van der Waals surface area (Å²) in [5, 5.41) is 14.5. The van der Waals surface area contributed by atoms with Crippen LogP contribution in [0.15, 0.2) is 30.5 Å². The van der Waals surface area contributed by atoms with Gasteiger partial charge >= 0.3 is 0 Å². The van der Waals surface area contributed by atoms with Crippen LogP contribution in [0.4, 0.5) is 0 Å². The van der Waals surface area contributed by atoms with Gasteiger partial charge in [0, 0.05) is 23.7 Å². The highest BCUT2D eigenvalue weighted by molar-refractivity contribution is 5.83. The number of phenols is 1. The van der Waals surface area contributed by atoms with Crippen LogP contribution in [0.3, 0.4) is 0 Å². The van der Waals surface area contributed by atoms with E-state index in [0.29, 0.717) is 36.5 Å². The lowest BCUT2D eigenvalue weighted by molar-refractivity contribution is 0.111. The summed E-state index contributed by atoms with van der Waals surface area (Å²) in [5.41, 5.74) is 1.59. The van der Waals surface area contributed by atoms with Gasteiger partial charge in [-0.3, -0.25) is 9.48 Å². The molecule has 5 nitrogen and oxygen atoms in total. The summed E-state index contributed by atoms with van der Waals surface area (Å²) in [5.74, 6) is 1.29. The minimum Gasteiger partial charge on any atom is -0.507 e. The summed E-state index contributed by atoms with van der Waals surface area (Å²) in [6.07, 6.45) is 12.4. The van der Waals surface area contributed by atoms with E-state index in [9.17, 15) is 9.90 Å². The molecule has 2 aromatic rings. The lowest BCUT2D eigenvalue weighted by atomic mass is 9.77. The average Bonchev–Trinajstić information content (AvgIpc) is 3.38. The molecule has 1 heterocycles. The van der Waals surface area contributed by atoms with Gasteiger partial charge < -0.3 is 9.84 Å². The molecule has 0 bridgehead atoms. The number of hydrogen-bond acceptors (Lipinski definition) is 4. The zero-order valence-electron chi connectivity index (χ0n) is 15.7. The topological polar surface area (TPSA) is 64.3 Å². The molecular formula is C22H28N2O3. The molecule has 2 aliphatic rings. The molecule has 144 valence electrons. The van der Waals surface area contributed by atoms with E-state index in [1.54, 1.807) is 12.1 Å². The molecule has 2 unspecified atom stereocenters. The Bertz CT molecular complexity index is 780. The van der Waals surface area contributed by atoms with Gasteiger partial charge in [0.25, 0.3) is 0 Å². The number of aromatic nitrogens is 2. The molecule has 1 aromatic carbocycles. The maximum absolute atomic E-state index is 11.3. The molecule has 0 spiro atoms. The number of rotatable bonds is 6. The Morgan fingerprint density at radius 1 is 1.11 bits per heavy atom. The van der Waals surface area contributed by atoms with Crippen LogP contribution in [0, 0.1) is 5.92 Å². The van der Waals surface area contributed by atoms with Crippen molar-refractivity contribution in [3.8, 4) is 11.5 Å². The number of phenolic OH excluding ortho intramolecular Hbond substituents is 1. The number of carbonyl (C=O) groups is 1. The van der Waals surface area contributed by atoms with Gasteiger partial charge in [-0.15, -0.1) is 0 Å². The highest BCUT2D eigenvalue weighted by atomic mass is 16.5. The normalized spacial score (nSPS) is 23.4. The summed E-state index contributed by atoms with van der Waals surface area (Å²) < 4.78 is 8.30. The van der Waals surface area contributed by atoms with Crippen LogP contribution >= 0.6 is 0 Å². The van der Waals surface area contributed by atoms with E-state index in [2.05, 4.69) is 15.8 Å². The number of aldehydes is 1. The Morgan fingerprint density at radius 3 is 2.70 bits per heavy atom. The van der Waals surface area contributed by atoms with E-state index < -0.39 is 0 Å². The van der Waals surface area contributed by atoms with Crippen molar-refractivity contribution < 1.29 is 14.6 Å². The third-order valence-electron chi connectivity index (χ3n) is 6.27. The first-order valence-electron chi connectivity index (χ1n) is 10.2. The quantitative estimate of drug-likeness (QED) is 0.739. The largest absolute Gasteiger partial charge is 0.507 e. The van der Waals surface area contributed by atoms with Crippen molar-refractivity contribution in [3.63, 3.8) is 0 Å². The standard InChI is InChI=1S/C22H28N2O3/c25-14-19-21(26)10-5-11-22(19)27-15-16-6-1-4-9-18(16)20-12-13-23-24(20)17-7-2-3-8-17/h5,10-14,16-18,26H,1-4,6-9,15H2. The highest BCUT2D eigenvalue weighted by Crippen LogP contribution is 2.41.